The number of nitrogens with one attached hydrogen (secondary N) is 1. The van der Waals surface area contributed by atoms with Gasteiger partial charge in [0.2, 0.25) is 5.56 Å². The third-order valence-electron chi connectivity index (χ3n) is 2.63. The van der Waals surface area contributed by atoms with Gasteiger partial charge in [0.05, 0.1) is 5.56 Å². The van der Waals surface area contributed by atoms with Crippen LogP contribution in [0.15, 0.2) is 41.3 Å². The summed E-state index contributed by atoms with van der Waals surface area (Å²) in [5.41, 5.74) is -2.36. The summed E-state index contributed by atoms with van der Waals surface area (Å²) in [6, 6.07) is 4.47. The number of aromatic nitrogens is 1. The molecule has 0 aliphatic rings. The summed E-state index contributed by atoms with van der Waals surface area (Å²) in [5, 5.41) is 0. The van der Waals surface area contributed by atoms with Crippen LogP contribution in [0.2, 0.25) is 0 Å². The van der Waals surface area contributed by atoms with Crippen LogP contribution in [0, 0.1) is 0 Å². The highest BCUT2D eigenvalue weighted by Crippen LogP contribution is 2.36. The molecule has 118 valence electrons. The monoisotopic (exact) mass is 323 g/mol. The number of benzene rings is 1. The normalized spacial score (nSPS) is 12.3. The Morgan fingerprint density at radius 1 is 0.955 bits per heavy atom. The maximum Gasteiger partial charge on any atom is 0.573 e. The number of ether oxygens (including phenoxy) is 1. The Balaban J connectivity index is 2.44. The second-order valence-electron chi connectivity index (χ2n) is 4.19. The molecule has 0 aliphatic carbocycles. The predicted octanol–water partition coefficient (Wildman–Crippen LogP) is 3.96. The highest BCUT2D eigenvalue weighted by atomic mass is 19.4. The molecule has 3 nitrogen and oxygen atoms in total. The number of alkyl halides is 6. The van der Waals surface area contributed by atoms with Gasteiger partial charge in [0.1, 0.15) is 5.75 Å². The summed E-state index contributed by atoms with van der Waals surface area (Å²) in [4.78, 5) is 13.1. The molecular weight excluding hydrogens is 316 g/mol. The number of hydrogen-bond acceptors (Lipinski definition) is 2. The average Bonchev–Trinajstić information content (AvgIpc) is 2.36. The molecule has 0 saturated carbocycles. The van der Waals surface area contributed by atoms with Crippen LogP contribution in [-0.2, 0) is 6.18 Å². The molecule has 1 heterocycles. The summed E-state index contributed by atoms with van der Waals surface area (Å²) in [6.45, 7) is 0. The first-order valence-corrected chi connectivity index (χ1v) is 5.72. The lowest BCUT2D eigenvalue weighted by atomic mass is 10.0. The Morgan fingerprint density at radius 2 is 1.55 bits per heavy atom. The van der Waals surface area contributed by atoms with Crippen LogP contribution >= 0.6 is 0 Å². The van der Waals surface area contributed by atoms with Crippen LogP contribution in [-0.4, -0.2) is 11.3 Å². The van der Waals surface area contributed by atoms with Crippen molar-refractivity contribution in [2.45, 2.75) is 12.5 Å². The zero-order valence-corrected chi connectivity index (χ0v) is 10.5. The molecular formula is C13H7F6NO2. The van der Waals surface area contributed by atoms with E-state index in [9.17, 15) is 31.1 Å². The van der Waals surface area contributed by atoms with Gasteiger partial charge in [-0.2, -0.15) is 13.2 Å². The highest BCUT2D eigenvalue weighted by Gasteiger charge is 2.34. The molecule has 0 aliphatic heterocycles. The lowest BCUT2D eigenvalue weighted by Crippen LogP contribution is -2.17. The molecule has 1 aromatic heterocycles. The minimum absolute atomic E-state index is 0.0621. The summed E-state index contributed by atoms with van der Waals surface area (Å²) in [5.74, 6) is -0.574. The van der Waals surface area contributed by atoms with Crippen LogP contribution in [0.1, 0.15) is 5.56 Å². The van der Waals surface area contributed by atoms with E-state index in [2.05, 4.69) is 4.74 Å². The van der Waals surface area contributed by atoms with Gasteiger partial charge in [-0.15, -0.1) is 13.2 Å². The Kier molecular flexibility index (Phi) is 3.90. The van der Waals surface area contributed by atoms with Crippen LogP contribution in [0.25, 0.3) is 11.1 Å². The minimum atomic E-state index is -4.90. The van der Waals surface area contributed by atoms with E-state index in [1.807, 2.05) is 4.98 Å². The SMILES string of the molecule is O=c1cc(-c2ccc(OC(F)(F)F)cc2)c(C(F)(F)F)c[nH]1. The van der Waals surface area contributed by atoms with E-state index >= 15 is 0 Å². The zero-order valence-electron chi connectivity index (χ0n) is 10.5. The van der Waals surface area contributed by atoms with Gasteiger partial charge >= 0.3 is 12.5 Å². The third-order valence-corrected chi connectivity index (χ3v) is 2.63. The Hall–Kier alpha value is -2.45. The van der Waals surface area contributed by atoms with E-state index in [-0.39, 0.29) is 5.56 Å². The van der Waals surface area contributed by atoms with E-state index < -0.39 is 35.0 Å². The first-order valence-electron chi connectivity index (χ1n) is 5.72. The molecule has 0 spiro atoms. The second kappa shape index (κ2) is 5.39. The predicted molar refractivity (Wildman–Crippen MR) is 64.2 cm³/mol. The van der Waals surface area contributed by atoms with E-state index in [1.165, 1.54) is 0 Å². The van der Waals surface area contributed by atoms with Gasteiger partial charge in [-0.3, -0.25) is 4.79 Å². The topological polar surface area (TPSA) is 42.1 Å². The minimum Gasteiger partial charge on any atom is -0.406 e. The van der Waals surface area contributed by atoms with Crippen molar-refractivity contribution in [1.82, 2.24) is 4.98 Å². The number of rotatable bonds is 2. The lowest BCUT2D eigenvalue weighted by molar-refractivity contribution is -0.274. The molecule has 1 N–H and O–H groups in total. The Bertz CT molecular complexity index is 715. The number of hydrogen-bond donors (Lipinski definition) is 1. The van der Waals surface area contributed by atoms with Crippen molar-refractivity contribution in [3.63, 3.8) is 0 Å². The Labute approximate surface area is 119 Å². The zero-order chi connectivity index (χ0) is 16.5. The van der Waals surface area contributed by atoms with Crippen molar-refractivity contribution < 1.29 is 31.1 Å². The van der Waals surface area contributed by atoms with Crippen LogP contribution in [0.5, 0.6) is 5.75 Å². The fourth-order valence-corrected chi connectivity index (χ4v) is 1.78. The molecule has 0 fully saturated rings. The van der Waals surface area contributed by atoms with Gasteiger partial charge in [0.25, 0.3) is 0 Å². The number of pyridine rings is 1. The maximum absolute atomic E-state index is 12.9. The van der Waals surface area contributed by atoms with E-state index in [1.54, 1.807) is 0 Å². The van der Waals surface area contributed by atoms with Gasteiger partial charge in [-0.25, -0.2) is 0 Å². The smallest absolute Gasteiger partial charge is 0.406 e. The molecule has 0 bridgehead atoms. The number of halogens is 6. The van der Waals surface area contributed by atoms with Crippen molar-refractivity contribution in [2.75, 3.05) is 0 Å². The molecule has 0 radical (unpaired) electrons. The van der Waals surface area contributed by atoms with Crippen LogP contribution in [0.4, 0.5) is 26.3 Å². The fraction of sp³-hybridized carbons (Fsp3) is 0.154. The quantitative estimate of drug-likeness (QED) is 0.850. The van der Waals surface area contributed by atoms with Crippen LogP contribution < -0.4 is 10.3 Å². The molecule has 22 heavy (non-hydrogen) atoms. The number of aromatic amines is 1. The van der Waals surface area contributed by atoms with Crippen LogP contribution in [0.3, 0.4) is 0 Å². The third kappa shape index (κ3) is 3.80. The first-order chi connectivity index (χ1) is 10.1. The van der Waals surface area contributed by atoms with Gasteiger partial charge in [-0.05, 0) is 17.7 Å². The average molecular weight is 323 g/mol. The van der Waals surface area contributed by atoms with Crippen molar-refractivity contribution in [1.29, 1.82) is 0 Å². The summed E-state index contributed by atoms with van der Waals surface area (Å²) in [6.07, 6.45) is -9.11. The van der Waals surface area contributed by atoms with E-state index in [4.69, 9.17) is 0 Å². The maximum atomic E-state index is 12.9. The number of H-pyrrole nitrogens is 1. The molecule has 2 rings (SSSR count). The van der Waals surface area contributed by atoms with Gasteiger partial charge < -0.3 is 9.72 Å². The van der Waals surface area contributed by atoms with Crippen molar-refractivity contribution in [2.24, 2.45) is 0 Å². The largest absolute Gasteiger partial charge is 0.573 e. The van der Waals surface area contributed by atoms with Gasteiger partial charge in [0, 0.05) is 17.8 Å². The molecule has 9 heteroatoms. The van der Waals surface area contributed by atoms with E-state index in [0.29, 0.717) is 6.20 Å². The van der Waals surface area contributed by atoms with Crippen molar-refractivity contribution in [3.8, 4) is 16.9 Å². The molecule has 0 atom stereocenters. The molecule has 1 aromatic carbocycles. The fourth-order valence-electron chi connectivity index (χ4n) is 1.78. The molecule has 0 unspecified atom stereocenters. The summed E-state index contributed by atoms with van der Waals surface area (Å²) >= 11 is 0. The first kappa shape index (κ1) is 15.9. The molecule has 0 amide bonds. The van der Waals surface area contributed by atoms with E-state index in [0.717, 1.165) is 30.3 Å². The summed E-state index contributed by atoms with van der Waals surface area (Å²) < 4.78 is 78.3. The summed E-state index contributed by atoms with van der Waals surface area (Å²) in [7, 11) is 0. The standard InChI is InChI=1S/C13H7F6NO2/c14-12(15,16)10-6-20-11(21)5-9(10)7-1-3-8(4-2-7)22-13(17,18)19/h1-6H,(H,20,21). The molecule has 2 aromatic rings. The lowest BCUT2D eigenvalue weighted by Gasteiger charge is -2.13. The van der Waals surface area contributed by atoms with Crippen molar-refractivity contribution >= 4 is 0 Å². The van der Waals surface area contributed by atoms with Gasteiger partial charge in [0.15, 0.2) is 0 Å². The highest BCUT2D eigenvalue weighted by molar-refractivity contribution is 5.68. The molecule has 0 saturated heterocycles. The Morgan fingerprint density at radius 3 is 2.05 bits per heavy atom. The second-order valence-corrected chi connectivity index (χ2v) is 4.19. The van der Waals surface area contributed by atoms with Crippen molar-refractivity contribution in [3.05, 3.63) is 52.4 Å². The van der Waals surface area contributed by atoms with Gasteiger partial charge in [-0.1, -0.05) is 12.1 Å².